The van der Waals surface area contributed by atoms with Crippen molar-refractivity contribution < 1.29 is 4.74 Å². The molecule has 1 aromatic carbocycles. The van der Waals surface area contributed by atoms with Gasteiger partial charge in [0.25, 0.3) is 0 Å². The lowest BCUT2D eigenvalue weighted by Crippen LogP contribution is -2.14. The molecule has 0 radical (unpaired) electrons. The third-order valence-electron chi connectivity index (χ3n) is 3.12. The van der Waals surface area contributed by atoms with E-state index in [0.717, 1.165) is 17.7 Å². The SMILES string of the molecule is CN(C)c1cccc(OCC2(CBr)CC2)c1. The van der Waals surface area contributed by atoms with Crippen LogP contribution in [0.5, 0.6) is 5.75 Å². The zero-order valence-electron chi connectivity index (χ0n) is 9.87. The summed E-state index contributed by atoms with van der Waals surface area (Å²) in [5.41, 5.74) is 1.59. The molecule has 0 aliphatic heterocycles. The summed E-state index contributed by atoms with van der Waals surface area (Å²) >= 11 is 3.56. The number of hydrogen-bond acceptors (Lipinski definition) is 2. The molecule has 1 saturated carbocycles. The molecule has 2 rings (SSSR count). The van der Waals surface area contributed by atoms with Gasteiger partial charge in [-0.2, -0.15) is 0 Å². The number of hydrogen-bond donors (Lipinski definition) is 0. The lowest BCUT2D eigenvalue weighted by molar-refractivity contribution is 0.251. The molecule has 2 nitrogen and oxygen atoms in total. The van der Waals surface area contributed by atoms with Gasteiger partial charge in [-0.1, -0.05) is 22.0 Å². The number of benzene rings is 1. The van der Waals surface area contributed by atoms with Crippen molar-refractivity contribution in [3.63, 3.8) is 0 Å². The predicted molar refractivity (Wildman–Crippen MR) is 71.7 cm³/mol. The second kappa shape index (κ2) is 4.66. The Hall–Kier alpha value is -0.700. The van der Waals surface area contributed by atoms with E-state index in [9.17, 15) is 0 Å². The highest BCUT2D eigenvalue weighted by Gasteiger charge is 2.42. The van der Waals surface area contributed by atoms with Crippen LogP contribution in [0.2, 0.25) is 0 Å². The largest absolute Gasteiger partial charge is 0.493 e. The third kappa shape index (κ3) is 2.70. The summed E-state index contributed by atoms with van der Waals surface area (Å²) in [6.07, 6.45) is 2.57. The zero-order chi connectivity index (χ0) is 11.6. The second-order valence-corrected chi connectivity index (χ2v) is 5.37. The summed E-state index contributed by atoms with van der Waals surface area (Å²) in [7, 11) is 4.08. The summed E-state index contributed by atoms with van der Waals surface area (Å²) in [6.45, 7) is 0.829. The molecule has 1 aromatic rings. The van der Waals surface area contributed by atoms with E-state index in [0.29, 0.717) is 5.41 Å². The highest BCUT2D eigenvalue weighted by Crippen LogP contribution is 2.47. The Labute approximate surface area is 106 Å². The lowest BCUT2D eigenvalue weighted by atomic mass is 10.2. The minimum absolute atomic E-state index is 0.411. The molecule has 0 aromatic heterocycles. The first-order valence-electron chi connectivity index (χ1n) is 5.61. The topological polar surface area (TPSA) is 12.5 Å². The van der Waals surface area contributed by atoms with Gasteiger partial charge in [0, 0.05) is 36.6 Å². The van der Waals surface area contributed by atoms with Crippen LogP contribution in [-0.2, 0) is 0 Å². The Morgan fingerprint density at radius 2 is 2.12 bits per heavy atom. The average molecular weight is 284 g/mol. The van der Waals surface area contributed by atoms with E-state index in [1.54, 1.807) is 0 Å². The summed E-state index contributed by atoms with van der Waals surface area (Å²) in [4.78, 5) is 2.09. The first-order valence-corrected chi connectivity index (χ1v) is 6.74. The van der Waals surface area contributed by atoms with Gasteiger partial charge in [0.2, 0.25) is 0 Å². The molecule has 0 heterocycles. The van der Waals surface area contributed by atoms with Gasteiger partial charge in [-0.3, -0.25) is 0 Å². The summed E-state index contributed by atoms with van der Waals surface area (Å²) < 4.78 is 5.86. The van der Waals surface area contributed by atoms with Crippen molar-refractivity contribution >= 4 is 21.6 Å². The Morgan fingerprint density at radius 3 is 2.69 bits per heavy atom. The minimum atomic E-state index is 0.411. The maximum atomic E-state index is 5.86. The smallest absolute Gasteiger partial charge is 0.121 e. The van der Waals surface area contributed by atoms with Crippen LogP contribution in [0.15, 0.2) is 24.3 Å². The molecule has 1 aliphatic rings. The van der Waals surface area contributed by atoms with Crippen molar-refractivity contribution in [3.8, 4) is 5.75 Å². The van der Waals surface area contributed by atoms with Gasteiger partial charge in [-0.15, -0.1) is 0 Å². The van der Waals surface area contributed by atoms with Gasteiger partial charge in [0.05, 0.1) is 6.61 Å². The van der Waals surface area contributed by atoms with Crippen LogP contribution in [0.1, 0.15) is 12.8 Å². The molecular formula is C13H18BrNO. The molecule has 0 amide bonds. The van der Waals surface area contributed by atoms with Gasteiger partial charge in [0.15, 0.2) is 0 Å². The quantitative estimate of drug-likeness (QED) is 0.769. The van der Waals surface area contributed by atoms with Gasteiger partial charge in [0.1, 0.15) is 5.75 Å². The van der Waals surface area contributed by atoms with Crippen molar-refractivity contribution in [2.24, 2.45) is 5.41 Å². The average Bonchev–Trinajstić information content (AvgIpc) is 3.07. The van der Waals surface area contributed by atoms with Crippen LogP contribution in [0, 0.1) is 5.41 Å². The van der Waals surface area contributed by atoms with Crippen LogP contribution in [0.25, 0.3) is 0 Å². The molecule has 0 saturated heterocycles. The maximum absolute atomic E-state index is 5.86. The van der Waals surface area contributed by atoms with Crippen molar-refractivity contribution in [1.29, 1.82) is 0 Å². The fraction of sp³-hybridized carbons (Fsp3) is 0.538. The minimum Gasteiger partial charge on any atom is -0.493 e. The Kier molecular flexibility index (Phi) is 3.43. The highest BCUT2D eigenvalue weighted by atomic mass is 79.9. The van der Waals surface area contributed by atoms with Gasteiger partial charge >= 0.3 is 0 Å². The summed E-state index contributed by atoms with van der Waals surface area (Å²) in [6, 6.07) is 8.24. The molecule has 1 aliphatic carbocycles. The first-order chi connectivity index (χ1) is 7.65. The Bertz CT molecular complexity index is 361. The van der Waals surface area contributed by atoms with Crippen LogP contribution in [-0.4, -0.2) is 26.0 Å². The number of alkyl halides is 1. The van der Waals surface area contributed by atoms with Crippen molar-refractivity contribution in [3.05, 3.63) is 24.3 Å². The first kappa shape index (κ1) is 11.8. The van der Waals surface area contributed by atoms with Crippen LogP contribution >= 0.6 is 15.9 Å². The van der Waals surface area contributed by atoms with E-state index in [4.69, 9.17) is 4.74 Å². The van der Waals surface area contributed by atoms with Crippen molar-refractivity contribution in [2.75, 3.05) is 30.9 Å². The maximum Gasteiger partial charge on any atom is 0.121 e. The molecular weight excluding hydrogens is 266 g/mol. The molecule has 3 heteroatoms. The molecule has 88 valence electrons. The Balaban J connectivity index is 1.96. The molecule has 0 bridgehead atoms. The van der Waals surface area contributed by atoms with Crippen LogP contribution < -0.4 is 9.64 Å². The number of rotatable bonds is 5. The fourth-order valence-electron chi connectivity index (χ4n) is 1.58. The zero-order valence-corrected chi connectivity index (χ0v) is 11.5. The summed E-state index contributed by atoms with van der Waals surface area (Å²) in [5.74, 6) is 0.971. The monoisotopic (exact) mass is 283 g/mol. The van der Waals surface area contributed by atoms with E-state index in [1.807, 2.05) is 26.2 Å². The third-order valence-corrected chi connectivity index (χ3v) is 4.31. The van der Waals surface area contributed by atoms with Gasteiger partial charge < -0.3 is 9.64 Å². The normalized spacial score (nSPS) is 16.9. The van der Waals surface area contributed by atoms with Gasteiger partial charge in [-0.05, 0) is 25.0 Å². The Morgan fingerprint density at radius 1 is 1.38 bits per heavy atom. The molecule has 0 N–H and O–H groups in total. The lowest BCUT2D eigenvalue weighted by Gasteiger charge is -2.16. The standard InChI is InChI=1S/C13H18BrNO/c1-15(2)11-4-3-5-12(8-11)16-10-13(9-14)6-7-13/h3-5,8H,6-7,9-10H2,1-2H3. The molecule has 1 fully saturated rings. The molecule has 16 heavy (non-hydrogen) atoms. The van der Waals surface area contributed by atoms with E-state index in [-0.39, 0.29) is 0 Å². The second-order valence-electron chi connectivity index (χ2n) is 4.81. The van der Waals surface area contributed by atoms with Gasteiger partial charge in [-0.25, -0.2) is 0 Å². The van der Waals surface area contributed by atoms with E-state index in [2.05, 4.69) is 33.0 Å². The summed E-state index contributed by atoms with van der Waals surface area (Å²) in [5, 5.41) is 1.05. The van der Waals surface area contributed by atoms with Crippen molar-refractivity contribution in [2.45, 2.75) is 12.8 Å². The molecule has 0 unspecified atom stereocenters. The van der Waals surface area contributed by atoms with E-state index in [1.165, 1.54) is 18.5 Å². The fourth-order valence-corrected chi connectivity index (χ4v) is 2.30. The number of halogens is 1. The highest BCUT2D eigenvalue weighted by molar-refractivity contribution is 9.09. The van der Waals surface area contributed by atoms with Crippen LogP contribution in [0.4, 0.5) is 5.69 Å². The predicted octanol–water partition coefficient (Wildman–Crippen LogP) is 3.31. The van der Waals surface area contributed by atoms with E-state index < -0.39 is 0 Å². The van der Waals surface area contributed by atoms with Crippen molar-refractivity contribution in [1.82, 2.24) is 0 Å². The number of ether oxygens (including phenoxy) is 1. The van der Waals surface area contributed by atoms with E-state index >= 15 is 0 Å². The van der Waals surface area contributed by atoms with Crippen LogP contribution in [0.3, 0.4) is 0 Å². The molecule has 0 atom stereocenters. The number of nitrogens with zero attached hydrogens (tertiary/aromatic N) is 1. The number of anilines is 1. The molecule has 0 spiro atoms.